The van der Waals surface area contributed by atoms with Crippen molar-refractivity contribution >= 4 is 18.9 Å². The van der Waals surface area contributed by atoms with Crippen molar-refractivity contribution in [3.8, 4) is 5.75 Å². The van der Waals surface area contributed by atoms with Crippen molar-refractivity contribution in [1.82, 2.24) is 0 Å². The molecule has 64 valence electrons. The predicted molar refractivity (Wildman–Crippen MR) is 42.2 cm³/mol. The predicted octanol–water partition coefficient (Wildman–Crippen LogP) is 0.827. The lowest BCUT2D eigenvalue weighted by atomic mass is 10.2. The van der Waals surface area contributed by atoms with E-state index in [4.69, 9.17) is 21.6 Å². The highest BCUT2D eigenvalue weighted by molar-refractivity contribution is 6.34. The van der Waals surface area contributed by atoms with Gasteiger partial charge in [0.15, 0.2) is 5.82 Å². The van der Waals surface area contributed by atoms with Crippen LogP contribution in [-0.4, -0.2) is 17.4 Å². The molecular formula is C6H5BClFO3. The molecular weight excluding hydrogens is 185 g/mol. The molecule has 0 aliphatic carbocycles. The zero-order chi connectivity index (χ0) is 9.14. The Balaban J connectivity index is 2.90. The molecule has 0 saturated carbocycles. The monoisotopic (exact) mass is 190 g/mol. The van der Waals surface area contributed by atoms with Gasteiger partial charge in [0, 0.05) is 11.1 Å². The quantitative estimate of drug-likeness (QED) is 0.679. The van der Waals surface area contributed by atoms with E-state index >= 15 is 0 Å². The Morgan fingerprint density at radius 2 is 2.08 bits per heavy atom. The molecule has 0 fully saturated rings. The van der Waals surface area contributed by atoms with E-state index in [0.29, 0.717) is 0 Å². The van der Waals surface area contributed by atoms with Crippen molar-refractivity contribution in [2.45, 2.75) is 0 Å². The standard InChI is InChI=1S/C6H5BClFO3/c8-4-1-2-5(9)6(3-4)12-7(10)11/h1-3,10-11H. The summed E-state index contributed by atoms with van der Waals surface area (Å²) in [4.78, 5) is 0. The molecule has 3 nitrogen and oxygen atoms in total. The first-order valence-electron chi connectivity index (χ1n) is 3.07. The second-order valence-corrected chi connectivity index (χ2v) is 2.46. The summed E-state index contributed by atoms with van der Waals surface area (Å²) >= 11 is 5.49. The highest BCUT2D eigenvalue weighted by atomic mass is 35.5. The number of rotatable bonds is 2. The molecule has 1 aromatic carbocycles. The zero-order valence-electron chi connectivity index (χ0n) is 5.87. The number of hydrogen-bond acceptors (Lipinski definition) is 3. The first-order valence-corrected chi connectivity index (χ1v) is 3.45. The fraction of sp³-hybridized carbons (Fsp3) is 0. The zero-order valence-corrected chi connectivity index (χ0v) is 6.62. The molecule has 0 bridgehead atoms. The van der Waals surface area contributed by atoms with Crippen LogP contribution in [0.1, 0.15) is 0 Å². The molecule has 1 aromatic rings. The van der Waals surface area contributed by atoms with Crippen molar-refractivity contribution in [3.05, 3.63) is 29.0 Å². The summed E-state index contributed by atoms with van der Waals surface area (Å²) in [6, 6.07) is 3.55. The van der Waals surface area contributed by atoms with Crippen molar-refractivity contribution in [2.24, 2.45) is 0 Å². The Hall–Kier alpha value is -0.775. The average Bonchev–Trinajstić information content (AvgIpc) is 1.96. The summed E-state index contributed by atoms with van der Waals surface area (Å²) in [5.41, 5.74) is 0. The highest BCUT2D eigenvalue weighted by Crippen LogP contribution is 2.21. The maximum absolute atomic E-state index is 12.7. The summed E-state index contributed by atoms with van der Waals surface area (Å²) in [6.45, 7) is 0. The van der Waals surface area contributed by atoms with Gasteiger partial charge in [0.05, 0.1) is 0 Å². The van der Waals surface area contributed by atoms with Gasteiger partial charge in [0.1, 0.15) is 5.75 Å². The van der Waals surface area contributed by atoms with Gasteiger partial charge in [0.25, 0.3) is 0 Å². The fourth-order valence-electron chi connectivity index (χ4n) is 0.681. The summed E-state index contributed by atoms with van der Waals surface area (Å²) in [5, 5.41) is 16.9. The van der Waals surface area contributed by atoms with Gasteiger partial charge in [-0.05, 0) is 12.1 Å². The minimum atomic E-state index is -2.04. The molecule has 2 N–H and O–H groups in total. The van der Waals surface area contributed by atoms with Crippen LogP contribution in [0.25, 0.3) is 0 Å². The molecule has 0 heterocycles. The lowest BCUT2D eigenvalue weighted by Crippen LogP contribution is -2.21. The summed E-state index contributed by atoms with van der Waals surface area (Å²) in [6.07, 6.45) is 0. The van der Waals surface area contributed by atoms with Crippen molar-refractivity contribution < 1.29 is 19.1 Å². The third-order valence-electron chi connectivity index (χ3n) is 1.13. The average molecular weight is 190 g/mol. The van der Waals surface area contributed by atoms with Crippen molar-refractivity contribution in [1.29, 1.82) is 0 Å². The van der Waals surface area contributed by atoms with Crippen LogP contribution in [-0.2, 0) is 0 Å². The van der Waals surface area contributed by atoms with Gasteiger partial charge in [-0.3, -0.25) is 0 Å². The van der Waals surface area contributed by atoms with E-state index in [2.05, 4.69) is 4.65 Å². The van der Waals surface area contributed by atoms with E-state index in [1.807, 2.05) is 0 Å². The Morgan fingerprint density at radius 3 is 2.67 bits per heavy atom. The molecule has 0 saturated heterocycles. The van der Waals surface area contributed by atoms with E-state index in [0.717, 1.165) is 12.1 Å². The van der Waals surface area contributed by atoms with E-state index in [9.17, 15) is 4.39 Å². The van der Waals surface area contributed by atoms with Gasteiger partial charge in [-0.1, -0.05) is 11.6 Å². The van der Waals surface area contributed by atoms with Crippen LogP contribution >= 0.6 is 11.6 Å². The van der Waals surface area contributed by atoms with Crippen LogP contribution in [0.5, 0.6) is 5.75 Å². The number of hydrogen-bond donors (Lipinski definition) is 2. The van der Waals surface area contributed by atoms with Crippen LogP contribution in [0, 0.1) is 5.82 Å². The van der Waals surface area contributed by atoms with Crippen molar-refractivity contribution in [3.63, 3.8) is 0 Å². The molecule has 0 atom stereocenters. The SMILES string of the molecule is OB(O)Oc1cc(Cl)ccc1F. The normalized spacial score (nSPS) is 9.67. The third-order valence-corrected chi connectivity index (χ3v) is 1.36. The van der Waals surface area contributed by atoms with Crippen LogP contribution in [0.2, 0.25) is 5.02 Å². The van der Waals surface area contributed by atoms with E-state index in [1.165, 1.54) is 6.07 Å². The number of benzene rings is 1. The van der Waals surface area contributed by atoms with Crippen LogP contribution in [0.15, 0.2) is 18.2 Å². The second-order valence-electron chi connectivity index (χ2n) is 2.02. The minimum absolute atomic E-state index is 0.257. The topological polar surface area (TPSA) is 49.7 Å². The molecule has 6 heteroatoms. The second kappa shape index (κ2) is 3.75. The maximum Gasteiger partial charge on any atom is 0.707 e. The third kappa shape index (κ3) is 2.37. The fourth-order valence-corrected chi connectivity index (χ4v) is 0.843. The Kier molecular flexibility index (Phi) is 2.91. The Labute approximate surface area is 73.5 Å². The molecule has 0 spiro atoms. The van der Waals surface area contributed by atoms with Gasteiger partial charge >= 0.3 is 7.32 Å². The molecule has 1 rings (SSSR count). The molecule has 0 aromatic heterocycles. The van der Waals surface area contributed by atoms with Gasteiger partial charge in [-0.2, -0.15) is 0 Å². The van der Waals surface area contributed by atoms with Crippen LogP contribution in [0.3, 0.4) is 0 Å². The molecule has 12 heavy (non-hydrogen) atoms. The maximum atomic E-state index is 12.7. The van der Waals surface area contributed by atoms with Gasteiger partial charge in [-0.15, -0.1) is 0 Å². The lowest BCUT2D eigenvalue weighted by Gasteiger charge is -2.05. The number of halogens is 2. The molecule has 0 unspecified atom stereocenters. The highest BCUT2D eigenvalue weighted by Gasteiger charge is 2.14. The van der Waals surface area contributed by atoms with E-state index in [-0.39, 0.29) is 10.8 Å². The summed E-state index contributed by atoms with van der Waals surface area (Å²) in [7, 11) is -2.04. The van der Waals surface area contributed by atoms with Gasteiger partial charge in [0.2, 0.25) is 0 Å². The van der Waals surface area contributed by atoms with Crippen LogP contribution < -0.4 is 4.65 Å². The minimum Gasteiger partial charge on any atom is -0.510 e. The summed E-state index contributed by atoms with van der Waals surface area (Å²) in [5.74, 6) is -0.995. The van der Waals surface area contributed by atoms with Gasteiger partial charge < -0.3 is 14.7 Å². The smallest absolute Gasteiger partial charge is 0.510 e. The van der Waals surface area contributed by atoms with Crippen molar-refractivity contribution in [2.75, 3.05) is 0 Å². The van der Waals surface area contributed by atoms with Crippen LogP contribution in [0.4, 0.5) is 4.39 Å². The lowest BCUT2D eigenvalue weighted by molar-refractivity contribution is 0.282. The van der Waals surface area contributed by atoms with Gasteiger partial charge in [-0.25, -0.2) is 4.39 Å². The van der Waals surface area contributed by atoms with E-state index < -0.39 is 13.1 Å². The van der Waals surface area contributed by atoms with E-state index in [1.54, 1.807) is 0 Å². The Bertz CT molecular complexity index is 281. The molecule has 0 aliphatic rings. The first kappa shape index (κ1) is 9.31. The first-order chi connectivity index (χ1) is 5.59. The molecule has 0 amide bonds. The molecule has 0 aliphatic heterocycles. The largest absolute Gasteiger partial charge is 0.707 e. The molecule has 0 radical (unpaired) electrons. The summed E-state index contributed by atoms with van der Waals surface area (Å²) < 4.78 is 17.0. The Morgan fingerprint density at radius 1 is 1.42 bits per heavy atom.